The van der Waals surface area contributed by atoms with Crippen molar-refractivity contribution in [3.05, 3.63) is 0 Å². The Kier molecular flexibility index (Phi) is 18.3. The molecule has 0 aliphatic rings. The predicted octanol–water partition coefficient (Wildman–Crippen LogP) is 3.68. The quantitative estimate of drug-likeness (QED) is 0.235. The molecule has 0 fully saturated rings. The first-order chi connectivity index (χ1) is 10.1. The Morgan fingerprint density at radius 2 is 1.05 bits per heavy atom. The third kappa shape index (κ3) is 29.3. The van der Waals surface area contributed by atoms with Gasteiger partial charge in [0.1, 0.15) is 0 Å². The van der Waals surface area contributed by atoms with Crippen LogP contribution < -0.4 is 0 Å². The molecule has 0 saturated carbocycles. The van der Waals surface area contributed by atoms with Crippen molar-refractivity contribution in [3.63, 3.8) is 0 Å². The molecule has 0 rings (SSSR count). The summed E-state index contributed by atoms with van der Waals surface area (Å²) in [6.07, 6.45) is 14.7. The first kappa shape index (κ1) is 25.5. The second-order valence-corrected chi connectivity index (χ2v) is 8.86. The molecule has 0 aliphatic heterocycles. The van der Waals surface area contributed by atoms with E-state index in [0.29, 0.717) is 0 Å². The maximum Gasteiger partial charge on any atom is 0.478 e. The molecule has 0 aromatic carbocycles. The van der Waals surface area contributed by atoms with Crippen LogP contribution in [0.2, 0.25) is 3.67 Å². The fourth-order valence-corrected chi connectivity index (χ4v) is 3.48. The van der Waals surface area contributed by atoms with E-state index >= 15 is 0 Å². The van der Waals surface area contributed by atoms with Gasteiger partial charge in [-0.05, 0) is 0 Å². The summed E-state index contributed by atoms with van der Waals surface area (Å²) >= 11 is 1.41. The van der Waals surface area contributed by atoms with Gasteiger partial charge in [-0.2, -0.15) is 4.31 Å². The summed E-state index contributed by atoms with van der Waals surface area (Å²) < 4.78 is 23.7. The van der Waals surface area contributed by atoms with Crippen LogP contribution in [-0.4, -0.2) is 47.5 Å². The van der Waals surface area contributed by atoms with Gasteiger partial charge in [-0.3, -0.25) is 0 Å². The van der Waals surface area contributed by atoms with Crippen LogP contribution in [0.25, 0.3) is 0 Å². The minimum Gasteiger partial charge on any atom is -0.302 e. The maximum atomic E-state index is 9.63. The van der Waals surface area contributed by atoms with E-state index in [-0.39, 0.29) is 0 Å². The molecule has 0 aromatic rings. The van der Waals surface area contributed by atoms with Crippen molar-refractivity contribution in [2.75, 3.05) is 0 Å². The molecule has 0 radical (unpaired) electrons. The van der Waals surface area contributed by atoms with Gasteiger partial charge < -0.3 is 19.6 Å². The van der Waals surface area contributed by atoms with Crippen molar-refractivity contribution in [2.24, 2.45) is 0 Å². The van der Waals surface area contributed by atoms with E-state index in [0.717, 1.165) is 0 Å². The molecule has 0 heterocycles. The van der Waals surface area contributed by atoms with Crippen molar-refractivity contribution in [2.45, 2.75) is 74.8 Å². The van der Waals surface area contributed by atoms with E-state index in [2.05, 4.69) is 11.2 Å². The van der Waals surface area contributed by atoms with Gasteiger partial charge in [0.2, 0.25) is 0 Å². The van der Waals surface area contributed by atoms with Gasteiger partial charge in [-0.15, -0.1) is 0 Å². The average Bonchev–Trinajstić information content (AvgIpc) is 2.33. The Labute approximate surface area is 151 Å². The third-order valence-corrected chi connectivity index (χ3v) is 5.33. The van der Waals surface area contributed by atoms with Gasteiger partial charge in [-0.1, -0.05) is 0 Å². The van der Waals surface area contributed by atoms with Crippen molar-refractivity contribution < 1.29 is 33.0 Å². The molecule has 0 amide bonds. The monoisotopic (exact) mass is 370 g/mol. The first-order valence-electron chi connectivity index (χ1n) is 7.94. The third-order valence-electron chi connectivity index (χ3n) is 2.92. The van der Waals surface area contributed by atoms with Crippen molar-refractivity contribution in [3.8, 4) is 0 Å². The largest absolute Gasteiger partial charge is 0.478 e. The summed E-state index contributed by atoms with van der Waals surface area (Å²) in [5, 5.41) is 0. The number of hydrogen-bond donors (Lipinski definition) is 4. The van der Waals surface area contributed by atoms with Gasteiger partial charge in [0.15, 0.2) is 0 Å². The molecule has 0 atom stereocenters. The molecular weight excluding hydrogens is 341 g/mol. The average molecular weight is 370 g/mol. The zero-order valence-corrected chi connectivity index (χ0v) is 17.5. The fourth-order valence-electron chi connectivity index (χ4n) is 1.88. The van der Waals surface area contributed by atoms with Crippen LogP contribution in [0.4, 0.5) is 0 Å². The van der Waals surface area contributed by atoms with Crippen LogP contribution in [0.1, 0.15) is 71.1 Å². The Balaban J connectivity index is 0. The second-order valence-electron chi connectivity index (χ2n) is 5.24. The first-order valence-corrected chi connectivity index (χ1v) is 12.4. The smallest absolute Gasteiger partial charge is 0.302 e. The second kappa shape index (κ2) is 15.8. The van der Waals surface area contributed by atoms with Gasteiger partial charge in [-0.25, -0.2) is 9.13 Å². The standard InChI is InChI=1S/C12H25.Na.H4O7P2/c1-3-5-7-9-11-12-10-8-6-4-2;;1-8(2,3)7-9(4,5)6/h1,3-12H2,2H3;;(H2,1,2,3)(H2,4,5,6). The molecule has 7 nitrogen and oxygen atoms in total. The molecule has 10 heteroatoms. The Bertz CT molecular complexity index is 299. The van der Waals surface area contributed by atoms with Crippen LogP contribution in [0.5, 0.6) is 0 Å². The van der Waals surface area contributed by atoms with E-state index < -0.39 is 15.6 Å². The minimum atomic E-state index is -5.05. The van der Waals surface area contributed by atoms with Gasteiger partial charge in [0.25, 0.3) is 0 Å². The van der Waals surface area contributed by atoms with E-state index in [1.165, 1.54) is 95.8 Å². The molecule has 0 saturated heterocycles. The van der Waals surface area contributed by atoms with E-state index in [4.69, 9.17) is 19.6 Å². The topological polar surface area (TPSA) is 124 Å². The molecule has 22 heavy (non-hydrogen) atoms. The Morgan fingerprint density at radius 1 is 0.727 bits per heavy atom. The number of unbranched alkanes of at least 4 members (excludes halogenated alkanes) is 9. The van der Waals surface area contributed by atoms with Crippen LogP contribution in [0.3, 0.4) is 0 Å². The molecule has 0 unspecified atom stereocenters. The van der Waals surface area contributed by atoms with Crippen molar-refractivity contribution >= 4 is 43.6 Å². The molecule has 130 valence electrons. The van der Waals surface area contributed by atoms with Crippen molar-refractivity contribution in [1.82, 2.24) is 0 Å². The van der Waals surface area contributed by atoms with Crippen LogP contribution in [-0.2, 0) is 13.4 Å². The summed E-state index contributed by atoms with van der Waals surface area (Å²) in [6, 6.07) is 0. The zero-order chi connectivity index (χ0) is 17.5. The van der Waals surface area contributed by atoms with Crippen molar-refractivity contribution in [1.29, 1.82) is 0 Å². The number of phosphoric acid groups is 2. The van der Waals surface area contributed by atoms with Crippen LogP contribution >= 0.6 is 15.6 Å². The fraction of sp³-hybridized carbons (Fsp3) is 1.00. The summed E-state index contributed by atoms with van der Waals surface area (Å²) in [5.74, 6) is 0. The number of hydrogen-bond acceptors (Lipinski definition) is 3. The van der Waals surface area contributed by atoms with Crippen LogP contribution in [0, 0.1) is 0 Å². The minimum absolute atomic E-state index is 1.38. The predicted molar refractivity (Wildman–Crippen MR) is 87.6 cm³/mol. The Morgan fingerprint density at radius 3 is 1.27 bits per heavy atom. The normalized spacial score (nSPS) is 12.0. The van der Waals surface area contributed by atoms with Gasteiger partial charge in [0, 0.05) is 0 Å². The summed E-state index contributed by atoms with van der Waals surface area (Å²) in [7, 11) is -10.1. The molecule has 0 spiro atoms. The molecular formula is C12H29NaO7P2. The van der Waals surface area contributed by atoms with Gasteiger partial charge in [0.05, 0.1) is 0 Å². The molecule has 0 aromatic heterocycles. The molecule has 0 aliphatic carbocycles. The van der Waals surface area contributed by atoms with E-state index in [1.807, 2.05) is 0 Å². The van der Waals surface area contributed by atoms with Crippen LogP contribution in [0.15, 0.2) is 0 Å². The SMILES string of the molecule is CCCCCCCCCCC[CH2][Na].O=P(O)(O)OP(=O)(O)O. The summed E-state index contributed by atoms with van der Waals surface area (Å²) in [4.78, 5) is 31.0. The molecule has 0 bridgehead atoms. The van der Waals surface area contributed by atoms with E-state index in [1.54, 1.807) is 0 Å². The van der Waals surface area contributed by atoms with Gasteiger partial charge >= 0.3 is 118 Å². The Hall–Kier alpha value is 1.26. The van der Waals surface area contributed by atoms with E-state index in [9.17, 15) is 9.13 Å². The summed E-state index contributed by atoms with van der Waals surface area (Å²) in [6.45, 7) is 2.29. The number of rotatable bonds is 12. The molecule has 4 N–H and O–H groups in total. The zero-order valence-electron chi connectivity index (χ0n) is 13.7. The maximum absolute atomic E-state index is 9.63. The summed E-state index contributed by atoms with van der Waals surface area (Å²) in [5.41, 5.74) is 0.